The molecule has 1 N–H and O–H groups in total. The molecule has 1 aromatic heterocycles. The topological polar surface area (TPSA) is 62.6 Å². The van der Waals surface area contributed by atoms with Gasteiger partial charge in [0.1, 0.15) is 5.76 Å². The molecule has 0 aromatic carbocycles. The zero-order valence-corrected chi connectivity index (χ0v) is 14.5. The Morgan fingerprint density at radius 2 is 1.95 bits per heavy atom. The average Bonchev–Trinajstić information content (AvgIpc) is 2.95. The minimum Gasteiger partial charge on any atom is -0.447 e. The summed E-state index contributed by atoms with van der Waals surface area (Å²) in [7, 11) is -0.474. The van der Waals surface area contributed by atoms with Crippen molar-refractivity contribution in [3.63, 3.8) is 0 Å². The summed E-state index contributed by atoms with van der Waals surface area (Å²) < 4.78 is 30.5. The summed E-state index contributed by atoms with van der Waals surface area (Å²) in [6.07, 6.45) is 7.02. The molecule has 5 nitrogen and oxygen atoms in total. The van der Waals surface area contributed by atoms with Crippen LogP contribution >= 0.6 is 11.8 Å². The normalized spacial score (nSPS) is 23.6. The minimum absolute atomic E-state index is 0.00962. The van der Waals surface area contributed by atoms with Gasteiger partial charge in [0.15, 0.2) is 0 Å². The summed E-state index contributed by atoms with van der Waals surface area (Å²) in [5.74, 6) is 0.669. The van der Waals surface area contributed by atoms with Gasteiger partial charge in [0.25, 0.3) is 10.0 Å². The van der Waals surface area contributed by atoms with Gasteiger partial charge in [-0.2, -0.15) is 11.8 Å². The van der Waals surface area contributed by atoms with E-state index < -0.39 is 10.0 Å². The van der Waals surface area contributed by atoms with E-state index in [-0.39, 0.29) is 5.09 Å². The van der Waals surface area contributed by atoms with Crippen molar-refractivity contribution in [2.24, 2.45) is 0 Å². The van der Waals surface area contributed by atoms with Crippen LogP contribution in [-0.4, -0.2) is 44.4 Å². The molecule has 0 aliphatic heterocycles. The first-order valence-corrected chi connectivity index (χ1v) is 9.93. The largest absolute Gasteiger partial charge is 0.447 e. The van der Waals surface area contributed by atoms with E-state index in [4.69, 9.17) is 4.42 Å². The summed E-state index contributed by atoms with van der Waals surface area (Å²) >= 11 is 1.95. The van der Waals surface area contributed by atoms with E-state index in [1.807, 2.05) is 11.8 Å². The van der Waals surface area contributed by atoms with Gasteiger partial charge < -0.3 is 9.73 Å². The van der Waals surface area contributed by atoms with Crippen LogP contribution < -0.4 is 5.32 Å². The molecule has 0 radical (unpaired) electrons. The smallest absolute Gasteiger partial charge is 0.275 e. The number of sulfonamides is 1. The lowest BCUT2D eigenvalue weighted by Gasteiger charge is -2.27. The summed E-state index contributed by atoms with van der Waals surface area (Å²) in [4.78, 5) is 0. The number of nitrogens with one attached hydrogen (secondary N) is 1. The molecular weight excluding hydrogens is 308 g/mol. The van der Waals surface area contributed by atoms with Gasteiger partial charge in [-0.25, -0.2) is 12.7 Å². The second-order valence-corrected chi connectivity index (χ2v) is 8.82. The van der Waals surface area contributed by atoms with E-state index in [2.05, 4.69) is 11.6 Å². The van der Waals surface area contributed by atoms with E-state index in [9.17, 15) is 8.42 Å². The van der Waals surface area contributed by atoms with Crippen LogP contribution in [0, 0.1) is 0 Å². The average molecular weight is 332 g/mol. The van der Waals surface area contributed by atoms with Gasteiger partial charge in [0, 0.05) is 25.4 Å². The fraction of sp³-hybridized carbons (Fsp3) is 0.714. The molecule has 0 amide bonds. The van der Waals surface area contributed by atoms with Crippen molar-refractivity contribution in [3.8, 4) is 0 Å². The highest BCUT2D eigenvalue weighted by Crippen LogP contribution is 2.27. The number of nitrogens with zero attached hydrogens (tertiary/aromatic N) is 1. The molecule has 1 fully saturated rings. The van der Waals surface area contributed by atoms with E-state index in [1.54, 1.807) is 6.07 Å². The van der Waals surface area contributed by atoms with Crippen LogP contribution in [-0.2, 0) is 16.6 Å². The van der Waals surface area contributed by atoms with Crippen LogP contribution in [0.15, 0.2) is 21.6 Å². The Balaban J connectivity index is 1.87. The number of thioether (sulfide) groups is 1. The molecule has 2 rings (SSSR count). The molecule has 1 aliphatic rings. The third-order valence-corrected chi connectivity index (χ3v) is 6.77. The van der Waals surface area contributed by atoms with Gasteiger partial charge in [0.2, 0.25) is 5.09 Å². The number of hydrogen-bond donors (Lipinski definition) is 1. The van der Waals surface area contributed by atoms with Crippen molar-refractivity contribution in [2.45, 2.75) is 48.6 Å². The van der Waals surface area contributed by atoms with Crippen molar-refractivity contribution < 1.29 is 12.8 Å². The van der Waals surface area contributed by atoms with Gasteiger partial charge >= 0.3 is 0 Å². The molecule has 1 heterocycles. The van der Waals surface area contributed by atoms with E-state index >= 15 is 0 Å². The molecule has 1 aliphatic carbocycles. The van der Waals surface area contributed by atoms with Gasteiger partial charge in [0.05, 0.1) is 6.54 Å². The Morgan fingerprint density at radius 1 is 1.29 bits per heavy atom. The van der Waals surface area contributed by atoms with Crippen LogP contribution in [0.2, 0.25) is 0 Å². The van der Waals surface area contributed by atoms with Crippen LogP contribution in [0.25, 0.3) is 0 Å². The van der Waals surface area contributed by atoms with Crippen molar-refractivity contribution in [3.05, 3.63) is 17.9 Å². The lowest BCUT2D eigenvalue weighted by Crippen LogP contribution is -2.33. The van der Waals surface area contributed by atoms with E-state index in [0.29, 0.717) is 18.3 Å². The fourth-order valence-electron chi connectivity index (χ4n) is 2.52. The first-order chi connectivity index (χ1) is 9.93. The molecule has 0 spiro atoms. The number of rotatable bonds is 6. The predicted molar refractivity (Wildman–Crippen MR) is 86.0 cm³/mol. The lowest BCUT2D eigenvalue weighted by molar-refractivity contribution is 0.344. The summed E-state index contributed by atoms with van der Waals surface area (Å²) in [5.41, 5.74) is 0. The first kappa shape index (κ1) is 16.9. The second-order valence-electron chi connectivity index (χ2n) is 5.60. The quantitative estimate of drug-likeness (QED) is 0.866. The fourth-order valence-corrected chi connectivity index (χ4v) is 4.08. The molecule has 120 valence electrons. The zero-order chi connectivity index (χ0) is 15.5. The van der Waals surface area contributed by atoms with Crippen LogP contribution in [0.3, 0.4) is 0 Å². The highest BCUT2D eigenvalue weighted by Gasteiger charge is 2.23. The van der Waals surface area contributed by atoms with E-state index in [1.165, 1.54) is 45.8 Å². The highest BCUT2D eigenvalue weighted by atomic mass is 32.2. The maximum absolute atomic E-state index is 11.9. The Hall–Kier alpha value is -0.500. The molecule has 1 saturated carbocycles. The number of hydrogen-bond acceptors (Lipinski definition) is 5. The second kappa shape index (κ2) is 7.17. The lowest BCUT2D eigenvalue weighted by atomic mass is 9.95. The van der Waals surface area contributed by atoms with Gasteiger partial charge in [-0.15, -0.1) is 0 Å². The van der Waals surface area contributed by atoms with Crippen LogP contribution in [0.4, 0.5) is 0 Å². The van der Waals surface area contributed by atoms with Gasteiger partial charge in [-0.1, -0.05) is 0 Å². The predicted octanol–water partition coefficient (Wildman–Crippen LogP) is 2.29. The Morgan fingerprint density at radius 3 is 2.52 bits per heavy atom. The van der Waals surface area contributed by atoms with Crippen molar-refractivity contribution in [1.29, 1.82) is 0 Å². The highest BCUT2D eigenvalue weighted by molar-refractivity contribution is 7.99. The standard InChI is InChI=1S/C14H24N2O3S2/c1-16(2)21(17,18)14-9-6-12(19-14)10-15-11-4-7-13(20-3)8-5-11/h6,9,11,13,15H,4-5,7-8,10H2,1-3H3. The maximum atomic E-state index is 11.9. The minimum atomic E-state index is -3.47. The third-order valence-electron chi connectivity index (χ3n) is 3.94. The Bertz CT molecular complexity index is 546. The van der Waals surface area contributed by atoms with Crippen LogP contribution in [0.5, 0.6) is 0 Å². The van der Waals surface area contributed by atoms with E-state index in [0.717, 1.165) is 9.56 Å². The molecule has 7 heteroatoms. The van der Waals surface area contributed by atoms with Crippen molar-refractivity contribution in [1.82, 2.24) is 9.62 Å². The monoisotopic (exact) mass is 332 g/mol. The van der Waals surface area contributed by atoms with Gasteiger partial charge in [-0.05, 0) is 44.1 Å². The first-order valence-electron chi connectivity index (χ1n) is 7.21. The van der Waals surface area contributed by atoms with Crippen molar-refractivity contribution >= 4 is 21.8 Å². The molecule has 21 heavy (non-hydrogen) atoms. The number of furan rings is 1. The molecule has 0 atom stereocenters. The van der Waals surface area contributed by atoms with Gasteiger partial charge in [-0.3, -0.25) is 0 Å². The SMILES string of the molecule is CSC1CCC(NCc2ccc(S(=O)(=O)N(C)C)o2)CC1. The maximum Gasteiger partial charge on any atom is 0.275 e. The molecule has 0 unspecified atom stereocenters. The summed E-state index contributed by atoms with van der Waals surface area (Å²) in [6.45, 7) is 0.581. The zero-order valence-electron chi connectivity index (χ0n) is 12.8. The molecule has 0 saturated heterocycles. The Kier molecular flexibility index (Phi) is 5.76. The van der Waals surface area contributed by atoms with Crippen LogP contribution in [0.1, 0.15) is 31.4 Å². The molecule has 1 aromatic rings. The molecule has 0 bridgehead atoms. The molecular formula is C14H24N2O3S2. The van der Waals surface area contributed by atoms with Crippen molar-refractivity contribution in [2.75, 3.05) is 20.4 Å². The summed E-state index contributed by atoms with van der Waals surface area (Å²) in [5, 5.41) is 4.27. The Labute approximate surface area is 131 Å². The summed E-state index contributed by atoms with van der Waals surface area (Å²) in [6, 6.07) is 3.76. The third kappa shape index (κ3) is 4.25.